The largest absolute Gasteiger partial charge is 0.486 e. The van der Waals surface area contributed by atoms with E-state index in [1.54, 1.807) is 18.2 Å². The molecule has 2 aromatic carbocycles. The van der Waals surface area contributed by atoms with E-state index in [0.29, 0.717) is 24.5 Å². The lowest BCUT2D eigenvalue weighted by molar-refractivity contribution is -0.385. The summed E-state index contributed by atoms with van der Waals surface area (Å²) in [6.07, 6.45) is 0. The highest BCUT2D eigenvalue weighted by atomic mass is 127. The quantitative estimate of drug-likeness (QED) is 0.336. The van der Waals surface area contributed by atoms with Crippen molar-refractivity contribution in [1.82, 2.24) is 0 Å². The summed E-state index contributed by atoms with van der Waals surface area (Å²) in [6.45, 7) is 0.677. The van der Waals surface area contributed by atoms with Crippen molar-refractivity contribution in [2.45, 2.75) is 0 Å². The fraction of sp³-hybridized carbons (Fsp3) is 0.133. The van der Waals surface area contributed by atoms with E-state index in [-0.39, 0.29) is 17.0 Å². The Morgan fingerprint density at radius 2 is 1.82 bits per heavy atom. The SMILES string of the molecule is O=C(c1cccc(I)c1)c1cc2c(cc1[N+](=O)[O-])OCCO2. The van der Waals surface area contributed by atoms with E-state index in [0.717, 1.165) is 3.57 Å². The second-order valence-electron chi connectivity index (χ2n) is 4.61. The Labute approximate surface area is 139 Å². The highest BCUT2D eigenvalue weighted by molar-refractivity contribution is 14.1. The molecule has 0 fully saturated rings. The number of carbonyl (C=O) groups is 1. The van der Waals surface area contributed by atoms with Crippen LogP contribution in [-0.2, 0) is 0 Å². The molecular formula is C15H10INO5. The zero-order valence-electron chi connectivity index (χ0n) is 11.2. The molecule has 0 amide bonds. The summed E-state index contributed by atoms with van der Waals surface area (Å²) in [6, 6.07) is 9.52. The number of hydrogen-bond donors (Lipinski definition) is 0. The lowest BCUT2D eigenvalue weighted by Gasteiger charge is -2.18. The fourth-order valence-corrected chi connectivity index (χ4v) is 2.74. The van der Waals surface area contributed by atoms with Gasteiger partial charge in [-0.2, -0.15) is 0 Å². The van der Waals surface area contributed by atoms with Gasteiger partial charge < -0.3 is 9.47 Å². The van der Waals surface area contributed by atoms with Crippen LogP contribution in [0.2, 0.25) is 0 Å². The molecular weight excluding hydrogens is 401 g/mol. The van der Waals surface area contributed by atoms with Crippen LogP contribution in [0.1, 0.15) is 15.9 Å². The maximum atomic E-state index is 12.6. The number of halogens is 1. The molecule has 0 bridgehead atoms. The van der Waals surface area contributed by atoms with Gasteiger partial charge in [0.05, 0.1) is 11.0 Å². The van der Waals surface area contributed by atoms with E-state index < -0.39 is 10.7 Å². The van der Waals surface area contributed by atoms with Crippen LogP contribution in [0.4, 0.5) is 5.69 Å². The number of nitrogens with zero attached hydrogens (tertiary/aromatic N) is 1. The minimum absolute atomic E-state index is 0.00347. The van der Waals surface area contributed by atoms with Gasteiger partial charge in [0.1, 0.15) is 18.8 Å². The summed E-state index contributed by atoms with van der Waals surface area (Å²) < 4.78 is 11.6. The van der Waals surface area contributed by atoms with Crippen molar-refractivity contribution in [3.05, 3.63) is 61.2 Å². The molecule has 0 unspecified atom stereocenters. The average molecular weight is 411 g/mol. The molecule has 1 aliphatic rings. The van der Waals surface area contributed by atoms with Gasteiger partial charge in [-0.05, 0) is 34.7 Å². The Hall–Kier alpha value is -2.16. The van der Waals surface area contributed by atoms with Crippen molar-refractivity contribution in [2.75, 3.05) is 13.2 Å². The third kappa shape index (κ3) is 2.76. The zero-order chi connectivity index (χ0) is 15.7. The van der Waals surface area contributed by atoms with Gasteiger partial charge in [-0.25, -0.2) is 0 Å². The normalized spacial score (nSPS) is 12.8. The van der Waals surface area contributed by atoms with Crippen molar-refractivity contribution in [2.24, 2.45) is 0 Å². The summed E-state index contributed by atoms with van der Waals surface area (Å²) >= 11 is 2.08. The van der Waals surface area contributed by atoms with E-state index in [1.165, 1.54) is 12.1 Å². The van der Waals surface area contributed by atoms with Crippen LogP contribution in [0, 0.1) is 13.7 Å². The number of rotatable bonds is 3. The second kappa shape index (κ2) is 5.91. The number of benzene rings is 2. The van der Waals surface area contributed by atoms with E-state index in [2.05, 4.69) is 22.6 Å². The number of ketones is 1. The summed E-state index contributed by atoms with van der Waals surface area (Å²) in [7, 11) is 0. The summed E-state index contributed by atoms with van der Waals surface area (Å²) in [5.41, 5.74) is 0.107. The van der Waals surface area contributed by atoms with Gasteiger partial charge in [-0.3, -0.25) is 14.9 Å². The number of nitro groups is 1. The molecule has 6 nitrogen and oxygen atoms in total. The molecule has 22 heavy (non-hydrogen) atoms. The molecule has 0 saturated carbocycles. The third-order valence-electron chi connectivity index (χ3n) is 3.19. The van der Waals surface area contributed by atoms with Crippen molar-refractivity contribution >= 4 is 34.1 Å². The first-order chi connectivity index (χ1) is 10.6. The van der Waals surface area contributed by atoms with E-state index in [9.17, 15) is 14.9 Å². The molecule has 1 aliphatic heterocycles. The number of nitro benzene ring substituents is 1. The molecule has 0 spiro atoms. The van der Waals surface area contributed by atoms with E-state index >= 15 is 0 Å². The summed E-state index contributed by atoms with van der Waals surface area (Å²) in [5.74, 6) is 0.227. The molecule has 112 valence electrons. The van der Waals surface area contributed by atoms with Crippen LogP contribution < -0.4 is 9.47 Å². The number of fused-ring (bicyclic) bond motifs is 1. The molecule has 0 aromatic heterocycles. The van der Waals surface area contributed by atoms with Gasteiger partial charge in [0.2, 0.25) is 0 Å². The highest BCUT2D eigenvalue weighted by Gasteiger charge is 2.27. The first kappa shape index (κ1) is 14.8. The van der Waals surface area contributed by atoms with Crippen LogP contribution in [0.15, 0.2) is 36.4 Å². The predicted molar refractivity (Wildman–Crippen MR) is 86.7 cm³/mol. The summed E-state index contributed by atoms with van der Waals surface area (Å²) in [5, 5.41) is 11.3. The van der Waals surface area contributed by atoms with Crippen LogP contribution >= 0.6 is 22.6 Å². The van der Waals surface area contributed by atoms with Crippen LogP contribution in [-0.4, -0.2) is 23.9 Å². The zero-order valence-corrected chi connectivity index (χ0v) is 13.4. The molecule has 0 radical (unpaired) electrons. The van der Waals surface area contributed by atoms with Gasteiger partial charge in [-0.15, -0.1) is 0 Å². The van der Waals surface area contributed by atoms with Crippen LogP contribution in [0.25, 0.3) is 0 Å². The van der Waals surface area contributed by atoms with Crippen molar-refractivity contribution in [3.63, 3.8) is 0 Å². The number of carbonyl (C=O) groups excluding carboxylic acids is 1. The summed E-state index contributed by atoms with van der Waals surface area (Å²) in [4.78, 5) is 23.3. The highest BCUT2D eigenvalue weighted by Crippen LogP contribution is 2.37. The molecule has 7 heteroatoms. The lowest BCUT2D eigenvalue weighted by atomic mass is 10.0. The Morgan fingerprint density at radius 3 is 2.45 bits per heavy atom. The smallest absolute Gasteiger partial charge is 0.284 e. The van der Waals surface area contributed by atoms with Gasteiger partial charge in [0, 0.05) is 15.2 Å². The number of hydrogen-bond acceptors (Lipinski definition) is 5. The Morgan fingerprint density at radius 1 is 1.14 bits per heavy atom. The Bertz CT molecular complexity index is 775. The predicted octanol–water partition coefficient (Wildman–Crippen LogP) is 3.20. The fourth-order valence-electron chi connectivity index (χ4n) is 2.20. The van der Waals surface area contributed by atoms with Gasteiger partial charge in [0.25, 0.3) is 5.69 Å². The Balaban J connectivity index is 2.12. The molecule has 3 rings (SSSR count). The minimum Gasteiger partial charge on any atom is -0.486 e. The monoisotopic (exact) mass is 411 g/mol. The topological polar surface area (TPSA) is 78.7 Å². The van der Waals surface area contributed by atoms with Gasteiger partial charge in [-0.1, -0.05) is 12.1 Å². The molecule has 2 aromatic rings. The van der Waals surface area contributed by atoms with Gasteiger partial charge in [0.15, 0.2) is 17.3 Å². The molecule has 0 saturated heterocycles. The number of ether oxygens (including phenoxy) is 2. The standard InChI is InChI=1S/C15H10INO5/c16-10-3-1-2-9(6-10)15(18)11-7-13-14(22-5-4-21-13)8-12(11)17(19)20/h1-3,6-8H,4-5H2. The third-order valence-corrected chi connectivity index (χ3v) is 3.86. The van der Waals surface area contributed by atoms with Crippen molar-refractivity contribution in [3.8, 4) is 11.5 Å². The lowest BCUT2D eigenvalue weighted by Crippen LogP contribution is -2.17. The van der Waals surface area contributed by atoms with E-state index in [1.807, 2.05) is 6.07 Å². The maximum absolute atomic E-state index is 12.6. The average Bonchev–Trinajstić information content (AvgIpc) is 2.52. The molecule has 0 atom stereocenters. The van der Waals surface area contributed by atoms with Crippen LogP contribution in [0.5, 0.6) is 11.5 Å². The first-order valence-corrected chi connectivity index (χ1v) is 7.52. The van der Waals surface area contributed by atoms with E-state index in [4.69, 9.17) is 9.47 Å². The molecule has 0 aliphatic carbocycles. The maximum Gasteiger partial charge on any atom is 0.284 e. The minimum atomic E-state index is -0.584. The second-order valence-corrected chi connectivity index (χ2v) is 5.86. The molecule has 0 N–H and O–H groups in total. The van der Waals surface area contributed by atoms with Crippen molar-refractivity contribution in [1.29, 1.82) is 0 Å². The van der Waals surface area contributed by atoms with Crippen LogP contribution in [0.3, 0.4) is 0 Å². The first-order valence-electron chi connectivity index (χ1n) is 6.44. The van der Waals surface area contributed by atoms with Crippen molar-refractivity contribution < 1.29 is 19.2 Å². The molecule has 1 heterocycles. The van der Waals surface area contributed by atoms with Gasteiger partial charge >= 0.3 is 0 Å². The Kier molecular flexibility index (Phi) is 3.97.